The Morgan fingerprint density at radius 3 is 2.90 bits per heavy atom. The lowest BCUT2D eigenvalue weighted by Crippen LogP contribution is -2.32. The number of amides is 1. The van der Waals surface area contributed by atoms with Gasteiger partial charge in [0.05, 0.1) is 0 Å². The average Bonchev–Trinajstić information content (AvgIpc) is 2.63. The van der Waals surface area contributed by atoms with Crippen molar-refractivity contribution in [2.24, 2.45) is 5.92 Å². The van der Waals surface area contributed by atoms with Gasteiger partial charge in [-0.1, -0.05) is 31.4 Å². The van der Waals surface area contributed by atoms with Gasteiger partial charge in [-0.05, 0) is 44.2 Å². The van der Waals surface area contributed by atoms with Crippen LogP contribution in [0.2, 0.25) is 5.15 Å². The van der Waals surface area contributed by atoms with Crippen LogP contribution >= 0.6 is 11.6 Å². The number of hydrogen-bond acceptors (Lipinski definition) is 2. The Morgan fingerprint density at radius 2 is 2.20 bits per heavy atom. The third-order valence-corrected chi connectivity index (χ3v) is 4.19. The molecule has 20 heavy (non-hydrogen) atoms. The Labute approximate surface area is 126 Å². The lowest BCUT2D eigenvalue weighted by molar-refractivity contribution is 0.0759. The topological polar surface area (TPSA) is 33.2 Å². The van der Waals surface area contributed by atoms with Crippen molar-refractivity contribution in [2.75, 3.05) is 13.1 Å². The Morgan fingerprint density at radius 1 is 1.40 bits per heavy atom. The summed E-state index contributed by atoms with van der Waals surface area (Å²) < 4.78 is 0. The van der Waals surface area contributed by atoms with Crippen LogP contribution in [0.25, 0.3) is 0 Å². The lowest BCUT2D eigenvalue weighted by Gasteiger charge is -2.21. The van der Waals surface area contributed by atoms with Gasteiger partial charge in [-0.15, -0.1) is 0 Å². The predicted octanol–water partition coefficient (Wildman–Crippen LogP) is 4.09. The van der Waals surface area contributed by atoms with Crippen LogP contribution in [0.15, 0.2) is 12.1 Å². The molecule has 0 N–H and O–H groups in total. The lowest BCUT2D eigenvalue weighted by atomic mass is 9.96. The maximum absolute atomic E-state index is 12.6. The van der Waals surface area contributed by atoms with Gasteiger partial charge in [0.25, 0.3) is 5.91 Å². The second kappa shape index (κ2) is 7.07. The molecule has 1 aliphatic rings. The summed E-state index contributed by atoms with van der Waals surface area (Å²) in [6.07, 6.45) is 5.99. The van der Waals surface area contributed by atoms with Gasteiger partial charge in [-0.25, -0.2) is 4.98 Å². The molecule has 0 spiro atoms. The van der Waals surface area contributed by atoms with E-state index >= 15 is 0 Å². The molecular weight excluding hydrogens is 272 g/mol. The summed E-state index contributed by atoms with van der Waals surface area (Å²) in [6, 6.07) is 3.49. The maximum Gasteiger partial charge on any atom is 0.254 e. The summed E-state index contributed by atoms with van der Waals surface area (Å²) in [4.78, 5) is 18.6. The highest BCUT2D eigenvalue weighted by atomic mass is 35.5. The van der Waals surface area contributed by atoms with Crippen LogP contribution < -0.4 is 0 Å². The molecule has 1 fully saturated rings. The fourth-order valence-corrected chi connectivity index (χ4v) is 3.25. The van der Waals surface area contributed by atoms with Gasteiger partial charge in [-0.3, -0.25) is 4.79 Å². The first kappa shape index (κ1) is 15.3. The number of likely N-dealkylation sites (tertiary alicyclic amines) is 1. The quantitative estimate of drug-likeness (QED) is 0.787. The molecule has 0 aromatic carbocycles. The number of carbonyl (C=O) groups excluding carboxylic acids is 1. The Hall–Kier alpha value is -1.09. The van der Waals surface area contributed by atoms with E-state index in [4.69, 9.17) is 11.6 Å². The van der Waals surface area contributed by atoms with E-state index in [1.54, 1.807) is 6.07 Å². The van der Waals surface area contributed by atoms with Crippen LogP contribution in [0.1, 0.15) is 55.1 Å². The zero-order valence-electron chi connectivity index (χ0n) is 12.4. The van der Waals surface area contributed by atoms with Gasteiger partial charge in [0.15, 0.2) is 0 Å². The van der Waals surface area contributed by atoms with Gasteiger partial charge < -0.3 is 4.90 Å². The van der Waals surface area contributed by atoms with Crippen molar-refractivity contribution in [3.63, 3.8) is 0 Å². The summed E-state index contributed by atoms with van der Waals surface area (Å²) in [5, 5.41) is 0.395. The Bertz CT molecular complexity index is 455. The normalized spacial score (nSPS) is 19.8. The highest BCUT2D eigenvalue weighted by molar-refractivity contribution is 6.29. The predicted molar refractivity (Wildman–Crippen MR) is 82.1 cm³/mol. The average molecular weight is 295 g/mol. The summed E-state index contributed by atoms with van der Waals surface area (Å²) in [7, 11) is 0. The molecule has 0 bridgehead atoms. The van der Waals surface area contributed by atoms with Crippen molar-refractivity contribution in [1.29, 1.82) is 0 Å². The molecule has 1 unspecified atom stereocenters. The number of carbonyl (C=O) groups is 1. The highest BCUT2D eigenvalue weighted by Gasteiger charge is 2.21. The third-order valence-electron chi connectivity index (χ3n) is 4.00. The van der Waals surface area contributed by atoms with Crippen molar-refractivity contribution in [3.05, 3.63) is 28.5 Å². The molecule has 0 saturated carbocycles. The Balaban J connectivity index is 2.05. The molecule has 1 saturated heterocycles. The van der Waals surface area contributed by atoms with Crippen LogP contribution in [-0.2, 0) is 0 Å². The molecule has 110 valence electrons. The van der Waals surface area contributed by atoms with Crippen molar-refractivity contribution < 1.29 is 4.79 Å². The smallest absolute Gasteiger partial charge is 0.254 e. The van der Waals surface area contributed by atoms with Gasteiger partial charge in [0, 0.05) is 24.3 Å². The van der Waals surface area contributed by atoms with E-state index in [1.165, 1.54) is 19.3 Å². The van der Waals surface area contributed by atoms with Crippen molar-refractivity contribution in [1.82, 2.24) is 9.88 Å². The largest absolute Gasteiger partial charge is 0.339 e. The highest BCUT2D eigenvalue weighted by Crippen LogP contribution is 2.23. The van der Waals surface area contributed by atoms with Crippen LogP contribution in [0.4, 0.5) is 0 Å². The molecule has 2 rings (SSSR count). The molecular formula is C16H23ClN2O. The monoisotopic (exact) mass is 294 g/mol. The standard InChI is InChI=1S/C16H23ClN2O/c1-3-5-13-6-4-8-19(9-7-13)16(20)14-10-12(2)18-15(17)11-14/h10-11,13H,3-9H2,1-2H3. The van der Waals surface area contributed by atoms with Crippen LogP contribution in [0.5, 0.6) is 0 Å². The van der Waals surface area contributed by atoms with Gasteiger partial charge >= 0.3 is 0 Å². The molecule has 0 radical (unpaired) electrons. The number of halogens is 1. The second-order valence-corrected chi connectivity index (χ2v) is 6.08. The first-order valence-electron chi connectivity index (χ1n) is 7.53. The molecule has 1 atom stereocenters. The summed E-state index contributed by atoms with van der Waals surface area (Å²) in [5.74, 6) is 0.870. The van der Waals surface area contributed by atoms with Crippen molar-refractivity contribution in [2.45, 2.75) is 46.0 Å². The number of rotatable bonds is 3. The minimum Gasteiger partial charge on any atom is -0.339 e. The van der Waals surface area contributed by atoms with Gasteiger partial charge in [0.2, 0.25) is 0 Å². The molecule has 1 aromatic rings. The first-order valence-corrected chi connectivity index (χ1v) is 7.91. The molecule has 1 aliphatic heterocycles. The summed E-state index contributed by atoms with van der Waals surface area (Å²) in [6.45, 7) is 5.82. The molecule has 0 aliphatic carbocycles. The van der Waals surface area contributed by atoms with Crippen molar-refractivity contribution in [3.8, 4) is 0 Å². The van der Waals surface area contributed by atoms with E-state index < -0.39 is 0 Å². The molecule has 1 amide bonds. The van der Waals surface area contributed by atoms with Crippen molar-refractivity contribution >= 4 is 17.5 Å². The molecule has 2 heterocycles. The van der Waals surface area contributed by atoms with Gasteiger partial charge in [-0.2, -0.15) is 0 Å². The fraction of sp³-hybridized carbons (Fsp3) is 0.625. The number of aromatic nitrogens is 1. The van der Waals surface area contributed by atoms with E-state index in [0.717, 1.165) is 37.5 Å². The Kier molecular flexibility index (Phi) is 5.41. The molecule has 1 aromatic heterocycles. The van der Waals surface area contributed by atoms with Crippen LogP contribution in [0, 0.1) is 12.8 Å². The van der Waals surface area contributed by atoms with E-state index in [0.29, 0.717) is 10.7 Å². The first-order chi connectivity index (χ1) is 9.60. The maximum atomic E-state index is 12.6. The summed E-state index contributed by atoms with van der Waals surface area (Å²) >= 11 is 5.95. The summed E-state index contributed by atoms with van der Waals surface area (Å²) in [5.41, 5.74) is 1.45. The van der Waals surface area contributed by atoms with Crippen LogP contribution in [-0.4, -0.2) is 28.9 Å². The zero-order valence-corrected chi connectivity index (χ0v) is 13.1. The molecule has 4 heteroatoms. The SMILES string of the molecule is CCCC1CCCN(C(=O)c2cc(C)nc(Cl)c2)CC1. The zero-order chi connectivity index (χ0) is 14.5. The van der Waals surface area contributed by atoms with E-state index in [9.17, 15) is 4.79 Å². The third kappa shape index (κ3) is 3.95. The fourth-order valence-electron chi connectivity index (χ4n) is 3.00. The minimum absolute atomic E-state index is 0.0922. The van der Waals surface area contributed by atoms with Crippen LogP contribution in [0.3, 0.4) is 0 Å². The number of hydrogen-bond donors (Lipinski definition) is 0. The number of aryl methyl sites for hydroxylation is 1. The number of pyridine rings is 1. The van der Waals surface area contributed by atoms with Gasteiger partial charge in [0.1, 0.15) is 5.15 Å². The van der Waals surface area contributed by atoms with E-state index in [-0.39, 0.29) is 5.91 Å². The van der Waals surface area contributed by atoms with E-state index in [2.05, 4.69) is 11.9 Å². The van der Waals surface area contributed by atoms with E-state index in [1.807, 2.05) is 17.9 Å². The minimum atomic E-state index is 0.0922. The number of nitrogens with zero attached hydrogens (tertiary/aromatic N) is 2. The second-order valence-electron chi connectivity index (χ2n) is 5.70. The molecule has 3 nitrogen and oxygen atoms in total.